The van der Waals surface area contributed by atoms with Crippen LogP contribution in [0.1, 0.15) is 12.8 Å². The molecule has 0 bridgehead atoms. The Bertz CT molecular complexity index is 584. The molecule has 1 atom stereocenters. The molecule has 1 aliphatic rings. The van der Waals surface area contributed by atoms with Crippen LogP contribution < -0.4 is 10.5 Å². The lowest BCUT2D eigenvalue weighted by atomic mass is 10.2. The molecule has 1 heterocycles. The van der Waals surface area contributed by atoms with Gasteiger partial charge < -0.3 is 10.6 Å². The van der Waals surface area contributed by atoms with Crippen molar-refractivity contribution in [3.05, 3.63) is 21.1 Å². The van der Waals surface area contributed by atoms with Gasteiger partial charge in [-0.1, -0.05) is 0 Å². The summed E-state index contributed by atoms with van der Waals surface area (Å²) in [6, 6.07) is 3.43. The minimum Gasteiger partial charge on any atom is -0.399 e. The monoisotopic (exact) mass is 425 g/mol. The zero-order chi connectivity index (χ0) is 14.9. The van der Waals surface area contributed by atoms with Gasteiger partial charge in [-0.25, -0.2) is 13.1 Å². The van der Waals surface area contributed by atoms with Crippen LogP contribution in [0, 0.1) is 0 Å². The number of nitrogen functional groups attached to an aromatic ring is 1. The second kappa shape index (κ2) is 6.31. The van der Waals surface area contributed by atoms with Gasteiger partial charge in [0.05, 0.1) is 0 Å². The predicted molar refractivity (Wildman–Crippen MR) is 87.1 cm³/mol. The molecule has 5 nitrogen and oxygen atoms in total. The van der Waals surface area contributed by atoms with Gasteiger partial charge >= 0.3 is 0 Å². The number of likely N-dealkylation sites (N-methyl/N-ethyl adjacent to an activating group) is 1. The standard InChI is InChI=1S/C12H17Br2N3O2S/c1-17-4-2-3-9(17)7-16-20(18,19)12-10(13)5-8(15)6-11(12)14/h5-6,9,16H,2-4,7,15H2,1H3. The van der Waals surface area contributed by atoms with Gasteiger partial charge in [-0.05, 0) is 70.4 Å². The molecule has 0 amide bonds. The van der Waals surface area contributed by atoms with Gasteiger partial charge in [0.1, 0.15) is 4.90 Å². The van der Waals surface area contributed by atoms with Crippen LogP contribution in [0.4, 0.5) is 5.69 Å². The Morgan fingerprint density at radius 3 is 2.50 bits per heavy atom. The maximum atomic E-state index is 12.4. The zero-order valence-electron chi connectivity index (χ0n) is 11.1. The fourth-order valence-corrected chi connectivity index (χ4v) is 6.04. The average Bonchev–Trinajstić information content (AvgIpc) is 2.70. The molecule has 2 rings (SSSR count). The molecule has 1 fully saturated rings. The summed E-state index contributed by atoms with van der Waals surface area (Å²) in [6.45, 7) is 1.43. The number of halogens is 2. The minimum atomic E-state index is -3.58. The van der Waals surface area contributed by atoms with E-state index in [2.05, 4.69) is 41.5 Å². The number of nitrogens with zero attached hydrogens (tertiary/aromatic N) is 1. The topological polar surface area (TPSA) is 75.4 Å². The van der Waals surface area contributed by atoms with Crippen LogP contribution in [-0.2, 0) is 10.0 Å². The summed E-state index contributed by atoms with van der Waals surface area (Å²) in [4.78, 5) is 2.36. The maximum Gasteiger partial charge on any atom is 0.242 e. The van der Waals surface area contributed by atoms with Crippen molar-refractivity contribution in [3.63, 3.8) is 0 Å². The van der Waals surface area contributed by atoms with Crippen molar-refractivity contribution in [1.82, 2.24) is 9.62 Å². The second-order valence-electron chi connectivity index (χ2n) is 4.94. The molecule has 0 spiro atoms. The molecule has 20 heavy (non-hydrogen) atoms. The van der Waals surface area contributed by atoms with Crippen LogP contribution in [0.3, 0.4) is 0 Å². The number of sulfonamides is 1. The molecule has 8 heteroatoms. The molecule has 1 unspecified atom stereocenters. The third-order valence-electron chi connectivity index (χ3n) is 3.47. The van der Waals surface area contributed by atoms with Crippen molar-refractivity contribution >= 4 is 47.6 Å². The third-order valence-corrected chi connectivity index (χ3v) is 6.77. The summed E-state index contributed by atoms with van der Waals surface area (Å²) in [6.07, 6.45) is 2.13. The molecule has 1 aliphatic heterocycles. The van der Waals surface area contributed by atoms with E-state index in [1.54, 1.807) is 12.1 Å². The third kappa shape index (κ3) is 3.54. The van der Waals surface area contributed by atoms with Gasteiger partial charge in [0, 0.05) is 27.2 Å². The molecule has 112 valence electrons. The first-order valence-corrected chi connectivity index (χ1v) is 9.32. The van der Waals surface area contributed by atoms with E-state index in [9.17, 15) is 8.42 Å². The highest BCUT2D eigenvalue weighted by atomic mass is 79.9. The molecule has 0 saturated carbocycles. The van der Waals surface area contributed by atoms with Crippen molar-refractivity contribution in [2.24, 2.45) is 0 Å². The summed E-state index contributed by atoms with van der Waals surface area (Å²) >= 11 is 6.52. The molecule has 1 aromatic carbocycles. The first kappa shape index (κ1) is 16.2. The Morgan fingerprint density at radius 2 is 2.00 bits per heavy atom. The van der Waals surface area contributed by atoms with Crippen LogP contribution in [0.5, 0.6) is 0 Å². The molecule has 3 N–H and O–H groups in total. The minimum absolute atomic E-state index is 0.187. The lowest BCUT2D eigenvalue weighted by Gasteiger charge is -2.20. The highest BCUT2D eigenvalue weighted by molar-refractivity contribution is 9.11. The van der Waals surface area contributed by atoms with E-state index >= 15 is 0 Å². The first-order chi connectivity index (χ1) is 9.31. The first-order valence-electron chi connectivity index (χ1n) is 6.25. The number of likely N-dealkylation sites (tertiary alicyclic amines) is 1. The van der Waals surface area contributed by atoms with Crippen LogP contribution in [0.15, 0.2) is 26.0 Å². The molecular weight excluding hydrogens is 410 g/mol. The SMILES string of the molecule is CN1CCCC1CNS(=O)(=O)c1c(Br)cc(N)cc1Br. The average molecular weight is 427 g/mol. The van der Waals surface area contributed by atoms with Crippen molar-refractivity contribution in [1.29, 1.82) is 0 Å². The van der Waals surface area contributed by atoms with Gasteiger partial charge in [0.25, 0.3) is 0 Å². The van der Waals surface area contributed by atoms with E-state index in [-0.39, 0.29) is 10.9 Å². The number of anilines is 1. The van der Waals surface area contributed by atoms with Crippen molar-refractivity contribution in [3.8, 4) is 0 Å². The summed E-state index contributed by atoms with van der Waals surface area (Å²) in [5, 5.41) is 0. The van der Waals surface area contributed by atoms with Gasteiger partial charge in [-0.15, -0.1) is 0 Å². The van der Waals surface area contributed by atoms with Crippen molar-refractivity contribution < 1.29 is 8.42 Å². The van der Waals surface area contributed by atoms with Crippen molar-refractivity contribution in [2.75, 3.05) is 25.9 Å². The van der Waals surface area contributed by atoms with Gasteiger partial charge in [-0.3, -0.25) is 0 Å². The van der Waals surface area contributed by atoms with E-state index in [4.69, 9.17) is 5.73 Å². The van der Waals surface area contributed by atoms with Gasteiger partial charge in [0.2, 0.25) is 10.0 Å². The summed E-state index contributed by atoms with van der Waals surface area (Å²) in [5.41, 5.74) is 6.18. The highest BCUT2D eigenvalue weighted by Gasteiger charge is 2.26. The number of rotatable bonds is 4. The summed E-state index contributed by atoms with van der Waals surface area (Å²) < 4.78 is 28.4. The lowest BCUT2D eigenvalue weighted by molar-refractivity contribution is 0.311. The quantitative estimate of drug-likeness (QED) is 0.723. The Morgan fingerprint density at radius 1 is 1.40 bits per heavy atom. The van der Waals surface area contributed by atoms with Crippen LogP contribution in [0.25, 0.3) is 0 Å². The summed E-state index contributed by atoms with van der Waals surface area (Å²) in [5.74, 6) is 0. The Labute approximate surface area is 136 Å². The molecular formula is C12H17Br2N3O2S. The van der Waals surface area contributed by atoms with Crippen molar-refractivity contribution in [2.45, 2.75) is 23.8 Å². The predicted octanol–water partition coefficient (Wildman–Crippen LogP) is 2.17. The fraction of sp³-hybridized carbons (Fsp3) is 0.500. The number of benzene rings is 1. The van der Waals surface area contributed by atoms with Crippen LogP contribution in [0.2, 0.25) is 0 Å². The van der Waals surface area contributed by atoms with Gasteiger partial charge in [0.15, 0.2) is 0 Å². The van der Waals surface area contributed by atoms with E-state index in [0.717, 1.165) is 19.4 Å². The number of nitrogens with one attached hydrogen (secondary N) is 1. The maximum absolute atomic E-state index is 12.4. The van der Waals surface area contributed by atoms with E-state index in [0.29, 0.717) is 21.2 Å². The lowest BCUT2D eigenvalue weighted by Crippen LogP contribution is -2.38. The normalized spacial score (nSPS) is 20.4. The second-order valence-corrected chi connectivity index (χ2v) is 8.35. The van der Waals surface area contributed by atoms with Crippen LogP contribution in [-0.4, -0.2) is 39.5 Å². The molecule has 0 radical (unpaired) electrons. The molecule has 0 aromatic heterocycles. The Balaban J connectivity index is 2.18. The largest absolute Gasteiger partial charge is 0.399 e. The van der Waals surface area contributed by atoms with Gasteiger partial charge in [-0.2, -0.15) is 0 Å². The Kier molecular flexibility index (Phi) is 5.12. The smallest absolute Gasteiger partial charge is 0.242 e. The highest BCUT2D eigenvalue weighted by Crippen LogP contribution is 2.32. The van der Waals surface area contributed by atoms with E-state index < -0.39 is 10.0 Å². The molecule has 1 saturated heterocycles. The zero-order valence-corrected chi connectivity index (χ0v) is 15.1. The number of hydrogen-bond donors (Lipinski definition) is 2. The Hall–Kier alpha value is -0.150. The van der Waals surface area contributed by atoms with E-state index in [1.807, 2.05) is 7.05 Å². The molecule has 0 aliphatic carbocycles. The number of hydrogen-bond acceptors (Lipinski definition) is 4. The molecule has 1 aromatic rings. The van der Waals surface area contributed by atoms with E-state index in [1.165, 1.54) is 0 Å². The number of nitrogens with two attached hydrogens (primary N) is 1. The fourth-order valence-electron chi connectivity index (χ4n) is 2.35. The van der Waals surface area contributed by atoms with Crippen LogP contribution >= 0.6 is 31.9 Å². The summed E-state index contributed by atoms with van der Waals surface area (Å²) in [7, 11) is -1.56.